The van der Waals surface area contributed by atoms with Crippen LogP contribution >= 0.6 is 0 Å². The highest BCUT2D eigenvalue weighted by Gasteiger charge is 2.00. The molecule has 0 amide bonds. The Balaban J connectivity index is 1.99. The van der Waals surface area contributed by atoms with Gasteiger partial charge in [0.2, 0.25) is 5.88 Å². The average molecular weight is 258 g/mol. The summed E-state index contributed by atoms with van der Waals surface area (Å²) in [4.78, 5) is 4.40. The van der Waals surface area contributed by atoms with Crippen LogP contribution in [0.3, 0.4) is 0 Å². The molecule has 0 radical (unpaired) electrons. The summed E-state index contributed by atoms with van der Waals surface area (Å²) in [5.41, 5.74) is 2.02. The maximum absolute atomic E-state index is 5.68. The molecule has 1 heterocycles. The molecule has 0 aliphatic rings. The maximum Gasteiger partial charge on any atom is 0.213 e. The summed E-state index contributed by atoms with van der Waals surface area (Å²) >= 11 is 0. The molecule has 2 rings (SSSR count). The molecule has 0 atom stereocenters. The second-order valence-corrected chi connectivity index (χ2v) is 4.14. The lowest BCUT2D eigenvalue weighted by Gasteiger charge is -2.08. The summed E-state index contributed by atoms with van der Waals surface area (Å²) in [6.45, 7) is 1.21. The fourth-order valence-electron chi connectivity index (χ4n) is 1.74. The zero-order chi connectivity index (χ0) is 13.5. The van der Waals surface area contributed by atoms with Crippen LogP contribution in [0.1, 0.15) is 11.3 Å². The minimum atomic E-state index is 0.479. The monoisotopic (exact) mass is 258 g/mol. The Morgan fingerprint density at radius 2 is 2.00 bits per heavy atom. The predicted molar refractivity (Wildman–Crippen MR) is 74.3 cm³/mol. The van der Waals surface area contributed by atoms with Gasteiger partial charge in [-0.15, -0.1) is 0 Å². The van der Waals surface area contributed by atoms with E-state index >= 15 is 0 Å². The van der Waals surface area contributed by atoms with Gasteiger partial charge < -0.3 is 14.8 Å². The molecule has 0 unspecified atom stereocenters. The lowest BCUT2D eigenvalue weighted by molar-refractivity contribution is 0.292. The number of aromatic nitrogens is 1. The Hall–Kier alpha value is -2.07. The van der Waals surface area contributed by atoms with E-state index in [4.69, 9.17) is 9.47 Å². The number of pyridine rings is 1. The van der Waals surface area contributed by atoms with Gasteiger partial charge in [-0.2, -0.15) is 0 Å². The third kappa shape index (κ3) is 3.96. The Labute approximate surface area is 113 Å². The zero-order valence-electron chi connectivity index (χ0n) is 11.2. The normalized spacial score (nSPS) is 10.2. The van der Waals surface area contributed by atoms with E-state index in [-0.39, 0.29) is 0 Å². The van der Waals surface area contributed by atoms with Gasteiger partial charge in [-0.3, -0.25) is 0 Å². The number of rotatable bonds is 6. The van der Waals surface area contributed by atoms with Crippen LogP contribution in [0.25, 0.3) is 0 Å². The SMILES string of the molecule is CNCc1cccc(OCc2cccc(OC)c2)n1. The van der Waals surface area contributed by atoms with Gasteiger partial charge in [0.15, 0.2) is 0 Å². The molecule has 0 bridgehead atoms. The summed E-state index contributed by atoms with van der Waals surface area (Å²) in [7, 11) is 3.55. The van der Waals surface area contributed by atoms with Gasteiger partial charge in [-0.05, 0) is 30.8 Å². The van der Waals surface area contributed by atoms with E-state index in [2.05, 4.69) is 10.3 Å². The van der Waals surface area contributed by atoms with E-state index in [1.165, 1.54) is 0 Å². The molecule has 0 saturated carbocycles. The highest BCUT2D eigenvalue weighted by atomic mass is 16.5. The maximum atomic E-state index is 5.68. The van der Waals surface area contributed by atoms with Gasteiger partial charge in [-0.25, -0.2) is 4.98 Å². The summed E-state index contributed by atoms with van der Waals surface area (Å²) in [5, 5.41) is 3.07. The fourth-order valence-corrected chi connectivity index (χ4v) is 1.74. The van der Waals surface area contributed by atoms with Crippen molar-refractivity contribution >= 4 is 0 Å². The van der Waals surface area contributed by atoms with Crippen molar-refractivity contribution in [2.45, 2.75) is 13.2 Å². The highest BCUT2D eigenvalue weighted by Crippen LogP contribution is 2.15. The van der Waals surface area contributed by atoms with Gasteiger partial charge in [0.05, 0.1) is 12.8 Å². The first-order valence-electron chi connectivity index (χ1n) is 6.18. The van der Waals surface area contributed by atoms with Crippen molar-refractivity contribution in [3.8, 4) is 11.6 Å². The molecule has 100 valence electrons. The Bertz CT molecular complexity index is 529. The van der Waals surface area contributed by atoms with Crippen molar-refractivity contribution < 1.29 is 9.47 Å². The van der Waals surface area contributed by atoms with Crippen molar-refractivity contribution in [1.29, 1.82) is 0 Å². The Kier molecular flexibility index (Phi) is 4.75. The minimum absolute atomic E-state index is 0.479. The van der Waals surface area contributed by atoms with Gasteiger partial charge >= 0.3 is 0 Å². The van der Waals surface area contributed by atoms with Gasteiger partial charge in [0.25, 0.3) is 0 Å². The smallest absolute Gasteiger partial charge is 0.213 e. The number of hydrogen-bond acceptors (Lipinski definition) is 4. The number of nitrogens with zero attached hydrogens (tertiary/aromatic N) is 1. The first kappa shape index (κ1) is 13.4. The molecule has 19 heavy (non-hydrogen) atoms. The van der Waals surface area contributed by atoms with E-state index in [1.54, 1.807) is 7.11 Å². The molecule has 0 spiro atoms. The van der Waals surface area contributed by atoms with Crippen LogP contribution in [0.2, 0.25) is 0 Å². The van der Waals surface area contributed by atoms with E-state index in [0.717, 1.165) is 23.6 Å². The van der Waals surface area contributed by atoms with Crippen LogP contribution < -0.4 is 14.8 Å². The second kappa shape index (κ2) is 6.75. The van der Waals surface area contributed by atoms with Crippen LogP contribution in [0.15, 0.2) is 42.5 Å². The molecule has 0 fully saturated rings. The van der Waals surface area contributed by atoms with Crippen molar-refractivity contribution in [3.05, 3.63) is 53.7 Å². The molecule has 4 nitrogen and oxygen atoms in total. The van der Waals surface area contributed by atoms with E-state index in [1.807, 2.05) is 49.5 Å². The molecule has 0 aliphatic heterocycles. The third-order valence-electron chi connectivity index (χ3n) is 2.66. The molecule has 1 N–H and O–H groups in total. The van der Waals surface area contributed by atoms with Gasteiger partial charge in [-0.1, -0.05) is 18.2 Å². The number of methoxy groups -OCH3 is 1. The predicted octanol–water partition coefficient (Wildman–Crippen LogP) is 2.39. The third-order valence-corrected chi connectivity index (χ3v) is 2.66. The lowest BCUT2D eigenvalue weighted by atomic mass is 10.2. The average Bonchev–Trinajstić information content (AvgIpc) is 2.46. The van der Waals surface area contributed by atoms with Crippen molar-refractivity contribution in [2.24, 2.45) is 0 Å². The lowest BCUT2D eigenvalue weighted by Crippen LogP contribution is -2.07. The Morgan fingerprint density at radius 3 is 2.79 bits per heavy atom. The van der Waals surface area contributed by atoms with Crippen molar-refractivity contribution in [2.75, 3.05) is 14.2 Å². The number of hydrogen-bond donors (Lipinski definition) is 1. The molecule has 2 aromatic rings. The number of nitrogens with one attached hydrogen (secondary N) is 1. The van der Waals surface area contributed by atoms with E-state index in [9.17, 15) is 0 Å². The second-order valence-electron chi connectivity index (χ2n) is 4.14. The largest absolute Gasteiger partial charge is 0.497 e. The molecule has 1 aromatic heterocycles. The standard InChI is InChI=1S/C15H18N2O2/c1-16-10-13-6-4-8-15(17-13)19-11-12-5-3-7-14(9-12)18-2/h3-9,16H,10-11H2,1-2H3. The van der Waals surface area contributed by atoms with Crippen molar-refractivity contribution in [1.82, 2.24) is 10.3 Å². The van der Waals surface area contributed by atoms with Crippen LogP contribution in [0.4, 0.5) is 0 Å². The molecule has 4 heteroatoms. The van der Waals surface area contributed by atoms with Crippen molar-refractivity contribution in [3.63, 3.8) is 0 Å². The highest BCUT2D eigenvalue weighted by molar-refractivity contribution is 5.28. The summed E-state index contributed by atoms with van der Waals surface area (Å²) in [5.74, 6) is 1.47. The summed E-state index contributed by atoms with van der Waals surface area (Å²) < 4.78 is 10.9. The van der Waals surface area contributed by atoms with Crippen LogP contribution in [-0.2, 0) is 13.2 Å². The summed E-state index contributed by atoms with van der Waals surface area (Å²) in [6.07, 6.45) is 0. The van der Waals surface area contributed by atoms with Crippen LogP contribution in [-0.4, -0.2) is 19.1 Å². The first-order chi connectivity index (χ1) is 9.31. The fraction of sp³-hybridized carbons (Fsp3) is 0.267. The van der Waals surface area contributed by atoms with Crippen LogP contribution in [0, 0.1) is 0 Å². The minimum Gasteiger partial charge on any atom is -0.497 e. The number of ether oxygens (including phenoxy) is 2. The zero-order valence-corrected chi connectivity index (χ0v) is 11.2. The molecular weight excluding hydrogens is 240 g/mol. The Morgan fingerprint density at radius 1 is 1.16 bits per heavy atom. The van der Waals surface area contributed by atoms with E-state index < -0.39 is 0 Å². The van der Waals surface area contributed by atoms with E-state index in [0.29, 0.717) is 12.5 Å². The molecule has 1 aromatic carbocycles. The van der Waals surface area contributed by atoms with Gasteiger partial charge in [0.1, 0.15) is 12.4 Å². The molecule has 0 aliphatic carbocycles. The quantitative estimate of drug-likeness (QED) is 0.864. The molecule has 0 saturated heterocycles. The molecular formula is C15H18N2O2. The number of benzene rings is 1. The summed E-state index contributed by atoms with van der Waals surface area (Å²) in [6, 6.07) is 13.6. The van der Waals surface area contributed by atoms with Crippen LogP contribution in [0.5, 0.6) is 11.6 Å². The topological polar surface area (TPSA) is 43.4 Å². The first-order valence-corrected chi connectivity index (χ1v) is 6.18. The van der Waals surface area contributed by atoms with Gasteiger partial charge in [0, 0.05) is 12.6 Å².